The van der Waals surface area contributed by atoms with E-state index in [4.69, 9.17) is 19.3 Å². The summed E-state index contributed by atoms with van der Waals surface area (Å²) < 4.78 is 17.3. The maximum atomic E-state index is 13.0. The van der Waals surface area contributed by atoms with Crippen LogP contribution >= 0.6 is 0 Å². The summed E-state index contributed by atoms with van der Waals surface area (Å²) >= 11 is 0. The van der Waals surface area contributed by atoms with Crippen LogP contribution in [-0.4, -0.2) is 48.0 Å². The number of nitrogens with zero attached hydrogens (tertiary/aromatic N) is 3. The number of methoxy groups -OCH3 is 3. The van der Waals surface area contributed by atoms with Crippen LogP contribution in [0.25, 0.3) is 28.1 Å². The molecule has 178 valence electrons. The highest BCUT2D eigenvalue weighted by atomic mass is 16.5. The summed E-state index contributed by atoms with van der Waals surface area (Å²) in [5.74, 6) is -0.579. The van der Waals surface area contributed by atoms with Crippen LogP contribution < -0.4 is 4.74 Å². The van der Waals surface area contributed by atoms with E-state index in [0.29, 0.717) is 34.0 Å². The van der Waals surface area contributed by atoms with Gasteiger partial charge in [0.05, 0.1) is 49.5 Å². The van der Waals surface area contributed by atoms with Gasteiger partial charge in [0, 0.05) is 22.9 Å². The lowest BCUT2D eigenvalue weighted by Gasteiger charge is -2.17. The van der Waals surface area contributed by atoms with Crippen molar-refractivity contribution in [1.29, 1.82) is 0 Å². The lowest BCUT2D eigenvalue weighted by Crippen LogP contribution is -2.16. The van der Waals surface area contributed by atoms with Crippen LogP contribution in [0.2, 0.25) is 0 Å². The summed E-state index contributed by atoms with van der Waals surface area (Å²) in [6.45, 7) is 3.41. The Bertz CT molecular complexity index is 1370. The minimum absolute atomic E-state index is 0.176. The normalized spacial score (nSPS) is 10.7. The minimum atomic E-state index is -0.612. The lowest BCUT2D eigenvalue weighted by atomic mass is 9.91. The molecule has 0 bridgehead atoms. The molecule has 0 aliphatic carbocycles. The van der Waals surface area contributed by atoms with Crippen LogP contribution in [0.15, 0.2) is 60.8 Å². The largest absolute Gasteiger partial charge is 0.497 e. The first-order valence-electron chi connectivity index (χ1n) is 10.9. The number of pyridine rings is 1. The molecule has 0 unspecified atom stereocenters. The molecule has 0 radical (unpaired) electrons. The van der Waals surface area contributed by atoms with Crippen LogP contribution in [0, 0.1) is 13.8 Å². The second-order valence-electron chi connectivity index (χ2n) is 7.79. The second-order valence-corrected chi connectivity index (χ2v) is 7.79. The number of aromatic nitrogens is 3. The third-order valence-electron chi connectivity index (χ3n) is 5.69. The van der Waals surface area contributed by atoms with Crippen molar-refractivity contribution in [3.63, 3.8) is 0 Å². The first-order valence-corrected chi connectivity index (χ1v) is 10.9. The van der Waals surface area contributed by atoms with Crippen molar-refractivity contribution in [3.8, 4) is 33.8 Å². The molecule has 0 spiro atoms. The standard InChI is InChI=1S/C27H25N3O5/c1-16-22(26(31)34-4)24(23(17(2)28-16)27(32)35-5)21-15-30(19-11-7-6-8-12-19)29-25(21)18-10-9-13-20(14-18)33-3/h6-15H,1-5H3. The highest BCUT2D eigenvalue weighted by Gasteiger charge is 2.30. The molecule has 2 aromatic carbocycles. The van der Waals surface area contributed by atoms with Gasteiger partial charge < -0.3 is 14.2 Å². The van der Waals surface area contributed by atoms with Crippen LogP contribution in [0.3, 0.4) is 0 Å². The van der Waals surface area contributed by atoms with Crippen molar-refractivity contribution in [2.45, 2.75) is 13.8 Å². The zero-order chi connectivity index (χ0) is 25.1. The van der Waals surface area contributed by atoms with Crippen LogP contribution in [-0.2, 0) is 9.47 Å². The van der Waals surface area contributed by atoms with E-state index >= 15 is 0 Å². The van der Waals surface area contributed by atoms with E-state index in [9.17, 15) is 9.59 Å². The molecule has 4 aromatic rings. The van der Waals surface area contributed by atoms with Gasteiger partial charge in [0.15, 0.2) is 0 Å². The molecule has 2 heterocycles. The Labute approximate surface area is 203 Å². The Kier molecular flexibility index (Phi) is 6.64. The molecule has 0 saturated heterocycles. The lowest BCUT2D eigenvalue weighted by molar-refractivity contribution is 0.0599. The number of aryl methyl sites for hydroxylation is 2. The van der Waals surface area contributed by atoms with E-state index in [2.05, 4.69) is 4.98 Å². The van der Waals surface area contributed by atoms with Gasteiger partial charge in [-0.05, 0) is 38.1 Å². The number of carbonyl (C=O) groups is 2. The van der Waals surface area contributed by atoms with Crippen molar-refractivity contribution < 1.29 is 23.8 Å². The average Bonchev–Trinajstić information content (AvgIpc) is 3.33. The number of hydrogen-bond donors (Lipinski definition) is 0. The first-order chi connectivity index (χ1) is 16.9. The monoisotopic (exact) mass is 471 g/mol. The molecule has 0 amide bonds. The van der Waals surface area contributed by atoms with Gasteiger partial charge in [0.1, 0.15) is 11.4 Å². The van der Waals surface area contributed by atoms with Gasteiger partial charge in [-0.2, -0.15) is 5.10 Å². The topological polar surface area (TPSA) is 92.5 Å². The van der Waals surface area contributed by atoms with Gasteiger partial charge >= 0.3 is 11.9 Å². The molecule has 0 aliphatic rings. The molecule has 0 saturated carbocycles. The van der Waals surface area contributed by atoms with E-state index in [1.807, 2.05) is 54.6 Å². The summed E-state index contributed by atoms with van der Waals surface area (Å²) in [4.78, 5) is 30.4. The molecule has 4 rings (SSSR count). The number of rotatable bonds is 6. The molecule has 8 nitrogen and oxygen atoms in total. The molecule has 0 aliphatic heterocycles. The fourth-order valence-corrected chi connectivity index (χ4v) is 4.08. The third-order valence-corrected chi connectivity index (χ3v) is 5.69. The van der Waals surface area contributed by atoms with E-state index in [-0.39, 0.29) is 11.1 Å². The minimum Gasteiger partial charge on any atom is -0.497 e. The van der Waals surface area contributed by atoms with Gasteiger partial charge in [-0.3, -0.25) is 4.98 Å². The number of esters is 2. The molecule has 0 atom stereocenters. The molecule has 0 N–H and O–H groups in total. The Morgan fingerprint density at radius 3 is 2.03 bits per heavy atom. The van der Waals surface area contributed by atoms with Crippen molar-refractivity contribution >= 4 is 11.9 Å². The highest BCUT2D eigenvalue weighted by molar-refractivity contribution is 6.08. The van der Waals surface area contributed by atoms with Gasteiger partial charge in [0.2, 0.25) is 0 Å². The summed E-state index contributed by atoms with van der Waals surface area (Å²) in [5, 5.41) is 4.85. The van der Waals surface area contributed by atoms with Crippen molar-refractivity contribution in [2.75, 3.05) is 21.3 Å². The average molecular weight is 472 g/mol. The molecule has 8 heteroatoms. The van der Waals surface area contributed by atoms with E-state index in [1.54, 1.807) is 31.8 Å². The summed E-state index contributed by atoms with van der Waals surface area (Å²) in [6, 6.07) is 17.0. The molecule has 35 heavy (non-hydrogen) atoms. The molecular formula is C27H25N3O5. The first kappa shape index (κ1) is 23.7. The highest BCUT2D eigenvalue weighted by Crippen LogP contribution is 2.39. The Morgan fingerprint density at radius 2 is 1.46 bits per heavy atom. The van der Waals surface area contributed by atoms with Crippen molar-refractivity contribution in [1.82, 2.24) is 14.8 Å². The predicted molar refractivity (Wildman–Crippen MR) is 131 cm³/mol. The quantitative estimate of drug-likeness (QED) is 0.373. The van der Waals surface area contributed by atoms with Gasteiger partial charge in [-0.15, -0.1) is 0 Å². The summed E-state index contributed by atoms with van der Waals surface area (Å²) in [7, 11) is 4.17. The number of para-hydroxylation sites is 1. The SMILES string of the molecule is COC(=O)c1c(C)nc(C)c(C(=O)OC)c1-c1cn(-c2ccccc2)nc1-c1cccc(OC)c1. The predicted octanol–water partition coefficient (Wildman–Crippen LogP) is 4.80. The summed E-state index contributed by atoms with van der Waals surface area (Å²) in [6.07, 6.45) is 1.79. The summed E-state index contributed by atoms with van der Waals surface area (Å²) in [5.41, 5.74) is 4.23. The third kappa shape index (κ3) is 4.38. The van der Waals surface area contributed by atoms with Crippen LogP contribution in [0.1, 0.15) is 32.1 Å². The Hall–Kier alpha value is -4.46. The van der Waals surface area contributed by atoms with E-state index in [1.165, 1.54) is 14.2 Å². The number of carbonyl (C=O) groups excluding carboxylic acids is 2. The van der Waals surface area contributed by atoms with Gasteiger partial charge in [-0.1, -0.05) is 30.3 Å². The maximum Gasteiger partial charge on any atom is 0.340 e. The van der Waals surface area contributed by atoms with Crippen LogP contribution in [0.5, 0.6) is 5.75 Å². The second kappa shape index (κ2) is 9.80. The molecule has 0 fully saturated rings. The van der Waals surface area contributed by atoms with Crippen molar-refractivity contribution in [2.24, 2.45) is 0 Å². The zero-order valence-electron chi connectivity index (χ0n) is 20.2. The van der Waals surface area contributed by atoms with Gasteiger partial charge in [0.25, 0.3) is 0 Å². The van der Waals surface area contributed by atoms with Crippen LogP contribution in [0.4, 0.5) is 0 Å². The number of ether oxygens (including phenoxy) is 3. The number of benzene rings is 2. The number of hydrogen-bond acceptors (Lipinski definition) is 7. The van der Waals surface area contributed by atoms with Gasteiger partial charge in [-0.25, -0.2) is 14.3 Å². The Morgan fingerprint density at radius 1 is 0.829 bits per heavy atom. The molecular weight excluding hydrogens is 446 g/mol. The fourth-order valence-electron chi connectivity index (χ4n) is 4.08. The molecule has 2 aromatic heterocycles. The van der Waals surface area contributed by atoms with E-state index in [0.717, 1.165) is 11.3 Å². The van der Waals surface area contributed by atoms with E-state index < -0.39 is 11.9 Å². The zero-order valence-corrected chi connectivity index (χ0v) is 20.2. The van der Waals surface area contributed by atoms with Crippen molar-refractivity contribution in [3.05, 3.63) is 83.3 Å². The Balaban J connectivity index is 2.14. The fraction of sp³-hybridized carbons (Fsp3) is 0.185. The maximum absolute atomic E-state index is 13.0. The smallest absolute Gasteiger partial charge is 0.340 e.